The molecule has 0 atom stereocenters. The van der Waals surface area contributed by atoms with E-state index in [2.05, 4.69) is 15.3 Å². The molecule has 0 aliphatic heterocycles. The number of H-pyrrole nitrogens is 1. The Balaban J connectivity index is 1.51. The van der Waals surface area contributed by atoms with Crippen LogP contribution in [0.3, 0.4) is 0 Å². The van der Waals surface area contributed by atoms with E-state index in [9.17, 15) is 4.79 Å². The third-order valence-electron chi connectivity index (χ3n) is 3.00. The minimum Gasteiger partial charge on any atom is -0.484 e. The van der Waals surface area contributed by atoms with Gasteiger partial charge >= 0.3 is 0 Å². The van der Waals surface area contributed by atoms with Gasteiger partial charge in [0.2, 0.25) is 0 Å². The first-order chi connectivity index (χ1) is 10.3. The fraction of sp³-hybridized carbons (Fsp3) is 0.125. The number of hydrogen-bond acceptors (Lipinski definition) is 3. The second-order valence-electron chi connectivity index (χ2n) is 4.58. The van der Waals surface area contributed by atoms with Crippen molar-refractivity contribution in [2.24, 2.45) is 0 Å². The molecule has 0 spiro atoms. The first-order valence-corrected chi connectivity index (χ1v) is 6.69. The topological polar surface area (TPSA) is 67.0 Å². The van der Waals surface area contributed by atoms with Gasteiger partial charge in [-0.3, -0.25) is 4.79 Å². The van der Waals surface area contributed by atoms with Crippen LogP contribution in [0.25, 0.3) is 11.0 Å². The summed E-state index contributed by atoms with van der Waals surface area (Å²) in [7, 11) is 0. The average Bonchev–Trinajstić information content (AvgIpc) is 2.95. The van der Waals surface area contributed by atoms with Gasteiger partial charge in [-0.05, 0) is 24.3 Å². The fourth-order valence-corrected chi connectivity index (χ4v) is 1.99. The van der Waals surface area contributed by atoms with Crippen LogP contribution in [0.2, 0.25) is 0 Å². The van der Waals surface area contributed by atoms with Crippen LogP contribution in [0, 0.1) is 0 Å². The Morgan fingerprint density at radius 2 is 1.86 bits per heavy atom. The Kier molecular flexibility index (Phi) is 3.82. The lowest BCUT2D eigenvalue weighted by Gasteiger charge is -2.06. The van der Waals surface area contributed by atoms with E-state index in [1.807, 2.05) is 54.6 Å². The van der Waals surface area contributed by atoms with Gasteiger partial charge in [0.1, 0.15) is 11.6 Å². The highest BCUT2D eigenvalue weighted by Gasteiger charge is 2.05. The number of carbonyl (C=O) groups is 1. The standard InChI is InChI=1S/C16H15N3O2/c20-16(11-21-12-6-2-1-3-7-12)17-10-15-18-13-8-4-5-9-14(13)19-15/h1-9H,10-11H2,(H,17,20)(H,18,19). The Labute approximate surface area is 122 Å². The molecule has 0 saturated heterocycles. The van der Waals surface area contributed by atoms with Gasteiger partial charge in [0.25, 0.3) is 5.91 Å². The third-order valence-corrected chi connectivity index (χ3v) is 3.00. The van der Waals surface area contributed by atoms with Crippen molar-refractivity contribution in [3.05, 3.63) is 60.4 Å². The van der Waals surface area contributed by atoms with Crippen molar-refractivity contribution in [3.8, 4) is 5.75 Å². The first kappa shape index (κ1) is 13.2. The molecule has 5 heteroatoms. The summed E-state index contributed by atoms with van der Waals surface area (Å²) in [5.74, 6) is 1.22. The molecular weight excluding hydrogens is 266 g/mol. The molecule has 3 aromatic rings. The zero-order chi connectivity index (χ0) is 14.5. The first-order valence-electron chi connectivity index (χ1n) is 6.69. The minimum atomic E-state index is -0.181. The Hall–Kier alpha value is -2.82. The number of nitrogens with one attached hydrogen (secondary N) is 2. The van der Waals surface area contributed by atoms with Crippen LogP contribution in [-0.4, -0.2) is 22.5 Å². The fourth-order valence-electron chi connectivity index (χ4n) is 1.99. The SMILES string of the molecule is O=C(COc1ccccc1)NCc1nc2ccccc2[nH]1. The van der Waals surface area contributed by atoms with E-state index < -0.39 is 0 Å². The molecule has 0 radical (unpaired) electrons. The Morgan fingerprint density at radius 3 is 2.67 bits per heavy atom. The quantitative estimate of drug-likeness (QED) is 0.754. The van der Waals surface area contributed by atoms with Gasteiger partial charge in [-0.15, -0.1) is 0 Å². The molecule has 1 heterocycles. The van der Waals surface area contributed by atoms with E-state index in [4.69, 9.17) is 4.74 Å². The minimum absolute atomic E-state index is 0.00968. The lowest BCUT2D eigenvalue weighted by atomic mass is 10.3. The van der Waals surface area contributed by atoms with Gasteiger partial charge in [0, 0.05) is 0 Å². The predicted molar refractivity (Wildman–Crippen MR) is 79.9 cm³/mol. The van der Waals surface area contributed by atoms with Gasteiger partial charge in [0.05, 0.1) is 17.6 Å². The Bertz CT molecular complexity index is 704. The van der Waals surface area contributed by atoms with Crippen molar-refractivity contribution in [3.63, 3.8) is 0 Å². The summed E-state index contributed by atoms with van der Waals surface area (Å²) in [5, 5.41) is 2.77. The van der Waals surface area contributed by atoms with Gasteiger partial charge in [-0.25, -0.2) is 4.98 Å². The van der Waals surface area contributed by atoms with Crippen molar-refractivity contribution < 1.29 is 9.53 Å². The van der Waals surface area contributed by atoms with Crippen LogP contribution >= 0.6 is 0 Å². The van der Waals surface area contributed by atoms with E-state index in [0.29, 0.717) is 12.3 Å². The number of para-hydroxylation sites is 3. The van der Waals surface area contributed by atoms with Crippen LogP contribution < -0.4 is 10.1 Å². The highest BCUT2D eigenvalue weighted by atomic mass is 16.5. The lowest BCUT2D eigenvalue weighted by molar-refractivity contribution is -0.123. The summed E-state index contributed by atoms with van der Waals surface area (Å²) < 4.78 is 5.37. The van der Waals surface area contributed by atoms with Crippen molar-refractivity contribution in [2.45, 2.75) is 6.54 Å². The van der Waals surface area contributed by atoms with E-state index >= 15 is 0 Å². The largest absolute Gasteiger partial charge is 0.484 e. The van der Waals surface area contributed by atoms with Crippen molar-refractivity contribution >= 4 is 16.9 Å². The molecule has 0 aliphatic carbocycles. The molecule has 21 heavy (non-hydrogen) atoms. The summed E-state index contributed by atoms with van der Waals surface area (Å²) in [6.07, 6.45) is 0. The number of aromatic amines is 1. The molecule has 0 saturated carbocycles. The van der Waals surface area contributed by atoms with Crippen LogP contribution in [-0.2, 0) is 11.3 Å². The summed E-state index contributed by atoms with van der Waals surface area (Å²) in [5.41, 5.74) is 1.85. The molecule has 1 amide bonds. The third kappa shape index (κ3) is 3.39. The molecule has 3 rings (SSSR count). The number of nitrogens with zero attached hydrogens (tertiary/aromatic N) is 1. The van der Waals surface area contributed by atoms with E-state index in [0.717, 1.165) is 16.9 Å². The zero-order valence-corrected chi connectivity index (χ0v) is 11.4. The molecular formula is C16H15N3O2. The number of imidazole rings is 1. The van der Waals surface area contributed by atoms with Gasteiger partial charge in [-0.2, -0.15) is 0 Å². The van der Waals surface area contributed by atoms with Gasteiger partial charge < -0.3 is 15.0 Å². The van der Waals surface area contributed by atoms with Crippen LogP contribution in [0.5, 0.6) is 5.75 Å². The normalized spacial score (nSPS) is 10.5. The highest BCUT2D eigenvalue weighted by molar-refractivity contribution is 5.78. The molecule has 2 N–H and O–H groups in total. The second-order valence-corrected chi connectivity index (χ2v) is 4.58. The maximum Gasteiger partial charge on any atom is 0.258 e. The monoisotopic (exact) mass is 281 g/mol. The zero-order valence-electron chi connectivity index (χ0n) is 11.4. The van der Waals surface area contributed by atoms with Crippen molar-refractivity contribution in [1.29, 1.82) is 0 Å². The summed E-state index contributed by atoms with van der Waals surface area (Å²) >= 11 is 0. The number of ether oxygens (including phenoxy) is 1. The Morgan fingerprint density at radius 1 is 1.10 bits per heavy atom. The summed E-state index contributed by atoms with van der Waals surface area (Å²) in [4.78, 5) is 19.3. The number of rotatable bonds is 5. The summed E-state index contributed by atoms with van der Waals surface area (Å²) in [6.45, 7) is 0.343. The van der Waals surface area contributed by atoms with Crippen LogP contribution in [0.1, 0.15) is 5.82 Å². The summed E-state index contributed by atoms with van der Waals surface area (Å²) in [6, 6.07) is 17.0. The van der Waals surface area contributed by atoms with Gasteiger partial charge in [-0.1, -0.05) is 30.3 Å². The number of carbonyl (C=O) groups excluding carboxylic acids is 1. The maximum absolute atomic E-state index is 11.7. The molecule has 0 bridgehead atoms. The van der Waals surface area contributed by atoms with Crippen molar-refractivity contribution in [2.75, 3.05) is 6.61 Å². The number of fused-ring (bicyclic) bond motifs is 1. The van der Waals surface area contributed by atoms with Crippen LogP contribution in [0.4, 0.5) is 0 Å². The smallest absolute Gasteiger partial charge is 0.258 e. The molecule has 5 nitrogen and oxygen atoms in total. The molecule has 0 unspecified atom stereocenters. The average molecular weight is 281 g/mol. The maximum atomic E-state index is 11.7. The molecule has 2 aromatic carbocycles. The second kappa shape index (κ2) is 6.09. The molecule has 1 aromatic heterocycles. The van der Waals surface area contributed by atoms with Crippen LogP contribution in [0.15, 0.2) is 54.6 Å². The predicted octanol–water partition coefficient (Wildman–Crippen LogP) is 2.26. The molecule has 106 valence electrons. The number of amides is 1. The highest BCUT2D eigenvalue weighted by Crippen LogP contribution is 2.10. The van der Waals surface area contributed by atoms with E-state index in [1.54, 1.807) is 0 Å². The lowest BCUT2D eigenvalue weighted by Crippen LogP contribution is -2.28. The number of hydrogen-bond donors (Lipinski definition) is 2. The number of benzene rings is 2. The van der Waals surface area contributed by atoms with Crippen molar-refractivity contribution in [1.82, 2.24) is 15.3 Å². The van der Waals surface area contributed by atoms with E-state index in [-0.39, 0.29) is 12.5 Å². The van der Waals surface area contributed by atoms with Gasteiger partial charge in [0.15, 0.2) is 6.61 Å². The van der Waals surface area contributed by atoms with E-state index in [1.165, 1.54) is 0 Å². The molecule has 0 fully saturated rings. The number of aromatic nitrogens is 2. The molecule has 0 aliphatic rings.